The molecule has 0 aliphatic rings. The van der Waals surface area contributed by atoms with E-state index in [1.54, 1.807) is 12.1 Å². The molecule has 1 aromatic carbocycles. The monoisotopic (exact) mass is 305 g/mol. The summed E-state index contributed by atoms with van der Waals surface area (Å²) in [6.45, 7) is 4.74. The first-order valence-corrected chi connectivity index (χ1v) is 8.26. The lowest BCUT2D eigenvalue weighted by molar-refractivity contribution is 0.577. The van der Waals surface area contributed by atoms with Crippen molar-refractivity contribution >= 4 is 15.7 Å². The first-order chi connectivity index (χ1) is 10.0. The lowest BCUT2D eigenvalue weighted by atomic mass is 10.1. The number of nitrogens with one attached hydrogen (secondary N) is 2. The van der Waals surface area contributed by atoms with Gasteiger partial charge < -0.3 is 5.32 Å². The zero-order chi connectivity index (χ0) is 15.3. The summed E-state index contributed by atoms with van der Waals surface area (Å²) in [4.78, 5) is 3.99. The molecule has 112 valence electrons. The van der Waals surface area contributed by atoms with Crippen molar-refractivity contribution in [1.29, 1.82) is 0 Å². The van der Waals surface area contributed by atoms with Gasteiger partial charge in [-0.3, -0.25) is 0 Å². The van der Waals surface area contributed by atoms with E-state index in [1.165, 1.54) is 6.20 Å². The van der Waals surface area contributed by atoms with E-state index in [9.17, 15) is 8.42 Å². The lowest BCUT2D eigenvalue weighted by Crippen LogP contribution is -2.25. The Hall–Kier alpha value is -1.92. The number of sulfonamides is 1. The standard InChI is InChI=1S/C15H19N3O2S/c1-3-16-14-9-6-10-17-15(14)21(19,20)18-11-13-8-5-4-7-12(13)2/h4-10,16,18H,3,11H2,1-2H3. The van der Waals surface area contributed by atoms with Crippen LogP contribution in [0.5, 0.6) is 0 Å². The number of pyridine rings is 1. The number of aryl methyl sites for hydroxylation is 1. The number of nitrogens with zero attached hydrogens (tertiary/aromatic N) is 1. The van der Waals surface area contributed by atoms with Crippen molar-refractivity contribution in [2.45, 2.75) is 25.4 Å². The second kappa shape index (κ2) is 6.69. The molecule has 2 N–H and O–H groups in total. The molecule has 21 heavy (non-hydrogen) atoms. The first-order valence-electron chi connectivity index (χ1n) is 6.77. The fourth-order valence-electron chi connectivity index (χ4n) is 1.98. The molecule has 0 aliphatic heterocycles. The molecule has 0 spiro atoms. The Kier molecular flexibility index (Phi) is 4.93. The SMILES string of the molecule is CCNc1cccnc1S(=O)(=O)NCc1ccccc1C. The predicted octanol–water partition coefficient (Wildman–Crippen LogP) is 2.30. The normalized spacial score (nSPS) is 11.3. The molecule has 0 atom stereocenters. The minimum absolute atomic E-state index is 0.0282. The van der Waals surface area contributed by atoms with E-state index in [2.05, 4.69) is 15.0 Å². The van der Waals surface area contributed by atoms with Crippen molar-refractivity contribution in [3.05, 3.63) is 53.7 Å². The van der Waals surface area contributed by atoms with Gasteiger partial charge >= 0.3 is 0 Å². The molecule has 5 nitrogen and oxygen atoms in total. The molecule has 0 fully saturated rings. The summed E-state index contributed by atoms with van der Waals surface area (Å²) >= 11 is 0. The number of hydrogen-bond acceptors (Lipinski definition) is 4. The zero-order valence-corrected chi connectivity index (χ0v) is 12.9. The Bertz CT molecular complexity index is 714. The summed E-state index contributed by atoms with van der Waals surface area (Å²) in [7, 11) is -3.65. The van der Waals surface area contributed by atoms with Crippen LogP contribution in [-0.4, -0.2) is 19.9 Å². The van der Waals surface area contributed by atoms with Crippen molar-refractivity contribution in [2.24, 2.45) is 0 Å². The molecule has 0 unspecified atom stereocenters. The first kappa shape index (κ1) is 15.5. The van der Waals surface area contributed by atoms with E-state index >= 15 is 0 Å². The van der Waals surface area contributed by atoms with Gasteiger partial charge in [0.05, 0.1) is 5.69 Å². The van der Waals surface area contributed by atoms with E-state index in [0.29, 0.717) is 12.2 Å². The van der Waals surface area contributed by atoms with Gasteiger partial charge in [0.25, 0.3) is 10.0 Å². The van der Waals surface area contributed by atoms with Gasteiger partial charge in [0.15, 0.2) is 5.03 Å². The topological polar surface area (TPSA) is 71.1 Å². The Balaban J connectivity index is 2.21. The van der Waals surface area contributed by atoms with Crippen LogP contribution >= 0.6 is 0 Å². The molecule has 6 heteroatoms. The van der Waals surface area contributed by atoms with Crippen molar-refractivity contribution in [3.63, 3.8) is 0 Å². The minimum atomic E-state index is -3.65. The van der Waals surface area contributed by atoms with Crippen LogP contribution in [0.4, 0.5) is 5.69 Å². The Labute approximate surface area is 125 Å². The van der Waals surface area contributed by atoms with E-state index in [0.717, 1.165) is 11.1 Å². The highest BCUT2D eigenvalue weighted by Crippen LogP contribution is 2.18. The van der Waals surface area contributed by atoms with Gasteiger partial charge in [-0.1, -0.05) is 24.3 Å². The Morgan fingerprint density at radius 2 is 1.90 bits per heavy atom. The molecule has 1 heterocycles. The highest BCUT2D eigenvalue weighted by atomic mass is 32.2. The van der Waals surface area contributed by atoms with E-state index < -0.39 is 10.0 Å². The summed E-state index contributed by atoms with van der Waals surface area (Å²) in [5, 5.41) is 3.04. The Morgan fingerprint density at radius 3 is 2.62 bits per heavy atom. The van der Waals surface area contributed by atoms with Crippen LogP contribution in [0.1, 0.15) is 18.1 Å². The molecule has 0 saturated heterocycles. The number of hydrogen-bond donors (Lipinski definition) is 2. The third-order valence-electron chi connectivity index (χ3n) is 3.11. The number of rotatable bonds is 6. The lowest BCUT2D eigenvalue weighted by Gasteiger charge is -2.12. The van der Waals surface area contributed by atoms with Gasteiger partial charge in [-0.25, -0.2) is 18.1 Å². The highest BCUT2D eigenvalue weighted by Gasteiger charge is 2.19. The fourth-order valence-corrected chi connectivity index (χ4v) is 3.09. The Morgan fingerprint density at radius 1 is 1.14 bits per heavy atom. The van der Waals surface area contributed by atoms with Crippen LogP contribution < -0.4 is 10.0 Å². The average molecular weight is 305 g/mol. The third-order valence-corrected chi connectivity index (χ3v) is 4.47. The average Bonchev–Trinajstić information content (AvgIpc) is 2.47. The fraction of sp³-hybridized carbons (Fsp3) is 0.267. The van der Waals surface area contributed by atoms with Gasteiger partial charge in [0.2, 0.25) is 0 Å². The predicted molar refractivity (Wildman–Crippen MR) is 83.6 cm³/mol. The maximum atomic E-state index is 12.4. The molecule has 0 saturated carbocycles. The third kappa shape index (κ3) is 3.80. The number of aromatic nitrogens is 1. The van der Waals surface area contributed by atoms with Gasteiger partial charge in [0.1, 0.15) is 0 Å². The van der Waals surface area contributed by atoms with Crippen LogP contribution in [0.15, 0.2) is 47.6 Å². The van der Waals surface area contributed by atoms with Crippen LogP contribution in [0.3, 0.4) is 0 Å². The van der Waals surface area contributed by atoms with Gasteiger partial charge in [-0.05, 0) is 37.1 Å². The summed E-state index contributed by atoms with van der Waals surface area (Å²) in [6.07, 6.45) is 1.48. The van der Waals surface area contributed by atoms with Gasteiger partial charge in [0, 0.05) is 19.3 Å². The smallest absolute Gasteiger partial charge is 0.260 e. The van der Waals surface area contributed by atoms with E-state index in [4.69, 9.17) is 0 Å². The highest BCUT2D eigenvalue weighted by molar-refractivity contribution is 7.89. The molecular formula is C15H19N3O2S. The summed E-state index contributed by atoms with van der Waals surface area (Å²) in [6, 6.07) is 11.1. The van der Waals surface area contributed by atoms with Crippen molar-refractivity contribution in [1.82, 2.24) is 9.71 Å². The molecule has 0 bridgehead atoms. The van der Waals surface area contributed by atoms with Crippen molar-refractivity contribution in [3.8, 4) is 0 Å². The molecule has 2 rings (SSSR count). The van der Waals surface area contributed by atoms with Crippen molar-refractivity contribution in [2.75, 3.05) is 11.9 Å². The molecule has 1 aromatic heterocycles. The maximum absolute atomic E-state index is 12.4. The van der Waals surface area contributed by atoms with E-state index in [-0.39, 0.29) is 11.6 Å². The quantitative estimate of drug-likeness (QED) is 0.859. The van der Waals surface area contributed by atoms with E-state index in [1.807, 2.05) is 38.1 Å². The molecular weight excluding hydrogens is 286 g/mol. The molecule has 0 amide bonds. The molecule has 0 radical (unpaired) electrons. The van der Waals surface area contributed by atoms with Gasteiger partial charge in [-0.2, -0.15) is 0 Å². The summed E-state index contributed by atoms with van der Waals surface area (Å²) in [5.74, 6) is 0. The van der Waals surface area contributed by atoms with Gasteiger partial charge in [-0.15, -0.1) is 0 Å². The van der Waals surface area contributed by atoms with Crippen molar-refractivity contribution < 1.29 is 8.42 Å². The minimum Gasteiger partial charge on any atom is -0.383 e. The zero-order valence-electron chi connectivity index (χ0n) is 12.1. The number of anilines is 1. The van der Waals surface area contributed by atoms with Crippen LogP contribution in [0, 0.1) is 6.92 Å². The molecule has 2 aromatic rings. The van der Waals surface area contributed by atoms with Crippen LogP contribution in [-0.2, 0) is 16.6 Å². The largest absolute Gasteiger partial charge is 0.383 e. The van der Waals surface area contributed by atoms with Crippen LogP contribution in [0.2, 0.25) is 0 Å². The molecule has 0 aliphatic carbocycles. The maximum Gasteiger partial charge on any atom is 0.260 e. The second-order valence-corrected chi connectivity index (χ2v) is 6.32. The summed E-state index contributed by atoms with van der Waals surface area (Å²) in [5.41, 5.74) is 2.51. The number of benzene rings is 1. The second-order valence-electron chi connectivity index (χ2n) is 4.64. The summed E-state index contributed by atoms with van der Waals surface area (Å²) < 4.78 is 27.4. The van der Waals surface area contributed by atoms with Crippen LogP contribution in [0.25, 0.3) is 0 Å².